The highest BCUT2D eigenvalue weighted by atomic mass is 32.2. The van der Waals surface area contributed by atoms with Gasteiger partial charge in [-0.05, 0) is 13.2 Å². The first-order valence-electron chi connectivity index (χ1n) is 4.90. The SMILES string of the molecule is C=CCNC(=NCC(C)SC)NCC. The fourth-order valence-corrected chi connectivity index (χ4v) is 1.03. The molecule has 0 rings (SSSR count). The molecule has 1 unspecified atom stereocenters. The molecular formula is C10H21N3S. The van der Waals surface area contributed by atoms with Crippen molar-refractivity contribution in [2.75, 3.05) is 25.9 Å². The van der Waals surface area contributed by atoms with Gasteiger partial charge < -0.3 is 10.6 Å². The molecule has 0 aromatic carbocycles. The molecule has 14 heavy (non-hydrogen) atoms. The van der Waals surface area contributed by atoms with Gasteiger partial charge in [0.15, 0.2) is 5.96 Å². The third-order valence-corrected chi connectivity index (χ3v) is 2.62. The summed E-state index contributed by atoms with van der Waals surface area (Å²) >= 11 is 1.83. The maximum atomic E-state index is 4.45. The monoisotopic (exact) mass is 215 g/mol. The fraction of sp³-hybridized carbons (Fsp3) is 0.700. The standard InChI is InChI=1S/C10H21N3S/c1-5-7-12-10(11-6-2)13-8-9(3)14-4/h5,9H,1,6-8H2,2-4H3,(H2,11,12,13). The van der Waals surface area contributed by atoms with Crippen LogP contribution in [0.3, 0.4) is 0 Å². The van der Waals surface area contributed by atoms with E-state index in [4.69, 9.17) is 0 Å². The van der Waals surface area contributed by atoms with E-state index in [1.54, 1.807) is 0 Å². The molecule has 0 aromatic rings. The zero-order chi connectivity index (χ0) is 10.8. The van der Waals surface area contributed by atoms with Crippen LogP contribution >= 0.6 is 11.8 Å². The Balaban J connectivity index is 3.95. The molecule has 1 atom stereocenters. The molecule has 2 N–H and O–H groups in total. The lowest BCUT2D eigenvalue weighted by molar-refractivity contribution is 0.849. The molecule has 0 spiro atoms. The molecule has 4 heteroatoms. The maximum Gasteiger partial charge on any atom is 0.191 e. The summed E-state index contributed by atoms with van der Waals surface area (Å²) in [5.41, 5.74) is 0. The van der Waals surface area contributed by atoms with E-state index in [1.165, 1.54) is 0 Å². The van der Waals surface area contributed by atoms with Crippen molar-refractivity contribution in [3.8, 4) is 0 Å². The number of nitrogens with zero attached hydrogens (tertiary/aromatic N) is 1. The lowest BCUT2D eigenvalue weighted by Crippen LogP contribution is -2.37. The minimum atomic E-state index is 0.564. The highest BCUT2D eigenvalue weighted by Gasteiger charge is 1.98. The van der Waals surface area contributed by atoms with E-state index in [1.807, 2.05) is 17.8 Å². The second-order valence-electron chi connectivity index (χ2n) is 2.94. The smallest absolute Gasteiger partial charge is 0.191 e. The zero-order valence-electron chi connectivity index (χ0n) is 9.34. The van der Waals surface area contributed by atoms with Crippen molar-refractivity contribution < 1.29 is 0 Å². The van der Waals surface area contributed by atoms with E-state index in [-0.39, 0.29) is 0 Å². The number of nitrogens with one attached hydrogen (secondary N) is 2. The van der Waals surface area contributed by atoms with Gasteiger partial charge in [0.25, 0.3) is 0 Å². The Labute approximate surface area is 91.5 Å². The normalized spacial score (nSPS) is 13.5. The second-order valence-corrected chi connectivity index (χ2v) is 4.21. The van der Waals surface area contributed by atoms with Crippen molar-refractivity contribution in [2.24, 2.45) is 4.99 Å². The molecule has 0 aromatic heterocycles. The number of guanidine groups is 1. The molecule has 0 bridgehead atoms. The van der Waals surface area contributed by atoms with Crippen molar-refractivity contribution in [1.82, 2.24) is 10.6 Å². The van der Waals surface area contributed by atoms with Crippen LogP contribution in [0.1, 0.15) is 13.8 Å². The van der Waals surface area contributed by atoms with Gasteiger partial charge in [0, 0.05) is 18.3 Å². The van der Waals surface area contributed by atoms with Crippen LogP contribution in [0, 0.1) is 0 Å². The van der Waals surface area contributed by atoms with Gasteiger partial charge in [-0.15, -0.1) is 6.58 Å². The minimum absolute atomic E-state index is 0.564. The topological polar surface area (TPSA) is 36.4 Å². The number of hydrogen-bond donors (Lipinski definition) is 2. The van der Waals surface area contributed by atoms with Gasteiger partial charge in [-0.3, -0.25) is 4.99 Å². The summed E-state index contributed by atoms with van der Waals surface area (Å²) in [6.07, 6.45) is 3.93. The van der Waals surface area contributed by atoms with Gasteiger partial charge >= 0.3 is 0 Å². The van der Waals surface area contributed by atoms with Crippen LogP contribution in [0.15, 0.2) is 17.6 Å². The largest absolute Gasteiger partial charge is 0.357 e. The molecular weight excluding hydrogens is 194 g/mol. The molecule has 0 aliphatic carbocycles. The predicted octanol–water partition coefficient (Wildman–Crippen LogP) is 1.48. The van der Waals surface area contributed by atoms with Crippen molar-refractivity contribution in [1.29, 1.82) is 0 Å². The number of aliphatic imine (C=N–C) groups is 1. The van der Waals surface area contributed by atoms with Gasteiger partial charge in [-0.25, -0.2) is 0 Å². The fourth-order valence-electron chi connectivity index (χ4n) is 0.805. The Morgan fingerprint density at radius 3 is 2.79 bits per heavy atom. The summed E-state index contributed by atoms with van der Waals surface area (Å²) in [4.78, 5) is 4.45. The van der Waals surface area contributed by atoms with Gasteiger partial charge in [0.2, 0.25) is 0 Å². The molecule has 3 nitrogen and oxygen atoms in total. The molecule has 0 aliphatic heterocycles. The first kappa shape index (κ1) is 13.4. The van der Waals surface area contributed by atoms with Crippen LogP contribution in [-0.2, 0) is 0 Å². The average molecular weight is 215 g/mol. The highest BCUT2D eigenvalue weighted by molar-refractivity contribution is 7.99. The van der Waals surface area contributed by atoms with Gasteiger partial charge in [-0.1, -0.05) is 13.0 Å². The van der Waals surface area contributed by atoms with Crippen LogP contribution in [0.2, 0.25) is 0 Å². The Morgan fingerprint density at radius 1 is 1.57 bits per heavy atom. The Bertz CT molecular complexity index is 180. The molecule has 0 radical (unpaired) electrons. The summed E-state index contributed by atoms with van der Waals surface area (Å²) < 4.78 is 0. The zero-order valence-corrected chi connectivity index (χ0v) is 10.2. The molecule has 0 aliphatic rings. The first-order valence-corrected chi connectivity index (χ1v) is 6.19. The van der Waals surface area contributed by atoms with Gasteiger partial charge in [0.1, 0.15) is 0 Å². The van der Waals surface area contributed by atoms with Gasteiger partial charge in [-0.2, -0.15) is 11.8 Å². The third-order valence-electron chi connectivity index (χ3n) is 1.67. The summed E-state index contributed by atoms with van der Waals surface area (Å²) in [5.74, 6) is 0.869. The molecule has 0 heterocycles. The van der Waals surface area contributed by atoms with Gasteiger partial charge in [0.05, 0.1) is 6.54 Å². The summed E-state index contributed by atoms with van der Waals surface area (Å²) in [5, 5.41) is 6.90. The predicted molar refractivity (Wildman–Crippen MR) is 67.2 cm³/mol. The Hall–Kier alpha value is -0.640. The van der Waals surface area contributed by atoms with Crippen molar-refractivity contribution in [3.05, 3.63) is 12.7 Å². The quantitative estimate of drug-likeness (QED) is 0.400. The average Bonchev–Trinajstić information content (AvgIpc) is 2.21. The molecule has 0 saturated heterocycles. The number of rotatable bonds is 6. The van der Waals surface area contributed by atoms with E-state index < -0.39 is 0 Å². The van der Waals surface area contributed by atoms with Crippen molar-refractivity contribution in [3.63, 3.8) is 0 Å². The van der Waals surface area contributed by atoms with Crippen LogP contribution in [-0.4, -0.2) is 37.1 Å². The van der Waals surface area contributed by atoms with E-state index in [0.29, 0.717) is 5.25 Å². The lowest BCUT2D eigenvalue weighted by Gasteiger charge is -2.10. The van der Waals surface area contributed by atoms with Crippen LogP contribution < -0.4 is 10.6 Å². The summed E-state index contributed by atoms with van der Waals surface area (Å²) in [7, 11) is 0. The Morgan fingerprint density at radius 2 is 2.29 bits per heavy atom. The molecule has 0 amide bonds. The summed E-state index contributed by atoms with van der Waals surface area (Å²) in [6, 6.07) is 0. The Kier molecular flexibility index (Phi) is 8.53. The molecule has 82 valence electrons. The van der Waals surface area contributed by atoms with E-state index >= 15 is 0 Å². The first-order chi connectivity index (χ1) is 6.74. The number of hydrogen-bond acceptors (Lipinski definition) is 2. The minimum Gasteiger partial charge on any atom is -0.357 e. The van der Waals surface area contributed by atoms with Crippen molar-refractivity contribution in [2.45, 2.75) is 19.1 Å². The number of thioether (sulfide) groups is 1. The maximum absolute atomic E-state index is 4.45. The third kappa shape index (κ3) is 6.83. The van der Waals surface area contributed by atoms with Crippen LogP contribution in [0.4, 0.5) is 0 Å². The lowest BCUT2D eigenvalue weighted by atomic mass is 10.5. The van der Waals surface area contributed by atoms with Crippen LogP contribution in [0.25, 0.3) is 0 Å². The molecule has 0 saturated carbocycles. The van der Waals surface area contributed by atoms with Crippen molar-refractivity contribution >= 4 is 17.7 Å². The highest BCUT2D eigenvalue weighted by Crippen LogP contribution is 2.04. The van der Waals surface area contributed by atoms with Crippen LogP contribution in [0.5, 0.6) is 0 Å². The van der Waals surface area contributed by atoms with E-state index in [0.717, 1.165) is 25.6 Å². The van der Waals surface area contributed by atoms with E-state index in [2.05, 4.69) is 42.3 Å². The molecule has 0 fully saturated rings. The second kappa shape index (κ2) is 8.94. The summed E-state index contributed by atoms with van der Waals surface area (Å²) in [6.45, 7) is 10.4. The van der Waals surface area contributed by atoms with E-state index in [9.17, 15) is 0 Å².